The van der Waals surface area contributed by atoms with Gasteiger partial charge in [-0.15, -0.1) is 0 Å². The monoisotopic (exact) mass is 261 g/mol. The Labute approximate surface area is 117 Å². The van der Waals surface area contributed by atoms with Crippen LogP contribution in [0.4, 0.5) is 0 Å². The number of nitrogens with one attached hydrogen (secondary N) is 1. The summed E-state index contributed by atoms with van der Waals surface area (Å²) in [4.78, 5) is 4.71. The van der Waals surface area contributed by atoms with Gasteiger partial charge >= 0.3 is 0 Å². The smallest absolute Gasteiger partial charge is 0.0470 e. The molecule has 1 N–H and O–H groups in total. The first kappa shape index (κ1) is 14.5. The van der Waals surface area contributed by atoms with Crippen molar-refractivity contribution in [3.8, 4) is 0 Å². The van der Waals surface area contributed by atoms with Crippen molar-refractivity contribution in [3.63, 3.8) is 0 Å². The Hall–Kier alpha value is -0.900. The van der Waals surface area contributed by atoms with E-state index >= 15 is 0 Å². The third kappa shape index (κ3) is 4.94. The minimum Gasteiger partial charge on any atom is -0.312 e. The summed E-state index contributed by atoms with van der Waals surface area (Å²) >= 11 is 0. The molecule has 1 saturated carbocycles. The van der Waals surface area contributed by atoms with Gasteiger partial charge in [-0.05, 0) is 39.5 Å². The van der Waals surface area contributed by atoms with Crippen LogP contribution in [0.25, 0.3) is 0 Å². The molecule has 0 bridgehead atoms. The average molecular weight is 261 g/mol. The molecule has 1 aliphatic rings. The largest absolute Gasteiger partial charge is 0.312 e. The van der Waals surface area contributed by atoms with E-state index in [2.05, 4.69) is 66.6 Å². The second kappa shape index (κ2) is 7.04. The van der Waals surface area contributed by atoms with Crippen molar-refractivity contribution in [2.75, 3.05) is 40.8 Å². The molecule has 0 heterocycles. The fourth-order valence-electron chi connectivity index (χ4n) is 2.28. The van der Waals surface area contributed by atoms with Crippen molar-refractivity contribution in [1.82, 2.24) is 15.1 Å². The molecule has 1 aromatic rings. The van der Waals surface area contributed by atoms with Gasteiger partial charge in [0, 0.05) is 31.7 Å². The van der Waals surface area contributed by atoms with Gasteiger partial charge in [-0.1, -0.05) is 30.3 Å². The predicted molar refractivity (Wildman–Crippen MR) is 81.4 cm³/mol. The normalized spacial score (nSPS) is 17.1. The minimum atomic E-state index is 0.474. The Morgan fingerprint density at radius 2 is 1.79 bits per heavy atom. The van der Waals surface area contributed by atoms with Gasteiger partial charge in [0.15, 0.2) is 0 Å². The molecule has 106 valence electrons. The number of benzene rings is 1. The predicted octanol–water partition coefficient (Wildman–Crippen LogP) is 1.97. The molecule has 3 heteroatoms. The van der Waals surface area contributed by atoms with E-state index in [1.54, 1.807) is 0 Å². The molecular formula is C16H27N3. The Morgan fingerprint density at radius 1 is 1.11 bits per heavy atom. The highest BCUT2D eigenvalue weighted by Gasteiger charge is 2.24. The van der Waals surface area contributed by atoms with Crippen LogP contribution >= 0.6 is 0 Å². The number of rotatable bonds is 8. The van der Waals surface area contributed by atoms with Crippen LogP contribution in [0.15, 0.2) is 30.3 Å². The van der Waals surface area contributed by atoms with E-state index in [0.717, 1.165) is 25.7 Å². The maximum Gasteiger partial charge on any atom is 0.0470 e. The van der Waals surface area contributed by atoms with Gasteiger partial charge in [0.25, 0.3) is 0 Å². The van der Waals surface area contributed by atoms with Gasteiger partial charge in [0.05, 0.1) is 0 Å². The van der Waals surface area contributed by atoms with E-state index < -0.39 is 0 Å². The van der Waals surface area contributed by atoms with E-state index in [1.807, 2.05) is 0 Å². The van der Waals surface area contributed by atoms with E-state index in [1.165, 1.54) is 18.4 Å². The fourth-order valence-corrected chi connectivity index (χ4v) is 2.28. The van der Waals surface area contributed by atoms with Gasteiger partial charge in [-0.25, -0.2) is 0 Å². The van der Waals surface area contributed by atoms with Gasteiger partial charge in [0.1, 0.15) is 0 Å². The first-order chi connectivity index (χ1) is 9.16. The van der Waals surface area contributed by atoms with Crippen LogP contribution in [0.5, 0.6) is 0 Å². The highest BCUT2D eigenvalue weighted by molar-refractivity contribution is 5.19. The first-order valence-corrected chi connectivity index (χ1v) is 7.30. The number of hydrogen-bond acceptors (Lipinski definition) is 3. The van der Waals surface area contributed by atoms with Crippen molar-refractivity contribution in [2.45, 2.75) is 24.9 Å². The molecule has 1 fully saturated rings. The number of hydrogen-bond donors (Lipinski definition) is 1. The average Bonchev–Trinajstić information content (AvgIpc) is 3.22. The molecule has 1 unspecified atom stereocenters. The van der Waals surface area contributed by atoms with Crippen LogP contribution in [0.1, 0.15) is 24.4 Å². The maximum absolute atomic E-state index is 3.67. The highest BCUT2D eigenvalue weighted by atomic mass is 15.2. The summed E-state index contributed by atoms with van der Waals surface area (Å²) in [5.74, 6) is 0. The molecule has 0 radical (unpaired) electrons. The summed E-state index contributed by atoms with van der Waals surface area (Å²) in [6.07, 6.45) is 2.70. The zero-order valence-corrected chi connectivity index (χ0v) is 12.5. The maximum atomic E-state index is 3.67. The van der Waals surface area contributed by atoms with Crippen LogP contribution in [-0.2, 0) is 0 Å². The molecule has 0 aliphatic heterocycles. The lowest BCUT2D eigenvalue weighted by Crippen LogP contribution is -2.37. The molecule has 1 aliphatic carbocycles. The van der Waals surface area contributed by atoms with Crippen LogP contribution in [0.2, 0.25) is 0 Å². The van der Waals surface area contributed by atoms with E-state index in [0.29, 0.717) is 6.04 Å². The SMILES string of the molecule is CN(C)CCN(C)C(CNC1CC1)c1ccccc1. The van der Waals surface area contributed by atoms with Gasteiger partial charge in [-0.2, -0.15) is 0 Å². The summed E-state index contributed by atoms with van der Waals surface area (Å²) in [5.41, 5.74) is 1.41. The quantitative estimate of drug-likeness (QED) is 0.772. The standard InChI is InChI=1S/C16H27N3/c1-18(2)11-12-19(3)16(13-17-15-9-10-15)14-7-5-4-6-8-14/h4-8,15-17H,9-13H2,1-3H3. The summed E-state index contributed by atoms with van der Waals surface area (Å²) in [6.45, 7) is 3.25. The zero-order valence-electron chi connectivity index (χ0n) is 12.5. The summed E-state index contributed by atoms with van der Waals surface area (Å²) in [5, 5.41) is 3.67. The van der Waals surface area contributed by atoms with Crippen molar-refractivity contribution in [3.05, 3.63) is 35.9 Å². The van der Waals surface area contributed by atoms with Crippen LogP contribution in [0, 0.1) is 0 Å². The Bertz CT molecular complexity index is 360. The molecule has 0 spiro atoms. The molecule has 2 rings (SSSR count). The van der Waals surface area contributed by atoms with Crippen LogP contribution in [-0.4, -0.2) is 56.6 Å². The molecule has 0 saturated heterocycles. The van der Waals surface area contributed by atoms with Gasteiger partial charge < -0.3 is 10.2 Å². The molecule has 1 atom stereocenters. The first-order valence-electron chi connectivity index (χ1n) is 7.30. The van der Waals surface area contributed by atoms with Gasteiger partial charge in [0.2, 0.25) is 0 Å². The topological polar surface area (TPSA) is 18.5 Å². The number of likely N-dealkylation sites (N-methyl/N-ethyl adjacent to an activating group) is 2. The Morgan fingerprint density at radius 3 is 2.37 bits per heavy atom. The number of nitrogens with zero attached hydrogens (tertiary/aromatic N) is 2. The lowest BCUT2D eigenvalue weighted by Gasteiger charge is -2.30. The van der Waals surface area contributed by atoms with Crippen LogP contribution < -0.4 is 5.32 Å². The van der Waals surface area contributed by atoms with Gasteiger partial charge in [-0.3, -0.25) is 4.90 Å². The highest BCUT2D eigenvalue weighted by Crippen LogP contribution is 2.22. The van der Waals surface area contributed by atoms with Crippen molar-refractivity contribution < 1.29 is 0 Å². The Kier molecular flexibility index (Phi) is 5.37. The molecule has 1 aromatic carbocycles. The second-order valence-corrected chi connectivity index (χ2v) is 5.89. The summed E-state index contributed by atoms with van der Waals surface area (Å²) in [7, 11) is 6.50. The Balaban J connectivity index is 1.95. The van der Waals surface area contributed by atoms with Crippen molar-refractivity contribution in [2.24, 2.45) is 0 Å². The lowest BCUT2D eigenvalue weighted by atomic mass is 10.1. The summed E-state index contributed by atoms with van der Waals surface area (Å²) in [6, 6.07) is 12.1. The molecule has 3 nitrogen and oxygen atoms in total. The third-order valence-electron chi connectivity index (χ3n) is 3.79. The van der Waals surface area contributed by atoms with E-state index in [9.17, 15) is 0 Å². The zero-order chi connectivity index (χ0) is 13.7. The molecule has 19 heavy (non-hydrogen) atoms. The molecule has 0 amide bonds. The molecule has 0 aromatic heterocycles. The van der Waals surface area contributed by atoms with Crippen molar-refractivity contribution >= 4 is 0 Å². The van der Waals surface area contributed by atoms with E-state index in [-0.39, 0.29) is 0 Å². The van der Waals surface area contributed by atoms with E-state index in [4.69, 9.17) is 0 Å². The summed E-state index contributed by atoms with van der Waals surface area (Å²) < 4.78 is 0. The second-order valence-electron chi connectivity index (χ2n) is 5.89. The molecular weight excluding hydrogens is 234 g/mol. The third-order valence-corrected chi connectivity index (χ3v) is 3.79. The lowest BCUT2D eigenvalue weighted by molar-refractivity contribution is 0.213. The fraction of sp³-hybridized carbons (Fsp3) is 0.625. The van der Waals surface area contributed by atoms with Crippen molar-refractivity contribution in [1.29, 1.82) is 0 Å². The van der Waals surface area contributed by atoms with Crippen LogP contribution in [0.3, 0.4) is 0 Å². The minimum absolute atomic E-state index is 0.474.